The van der Waals surface area contributed by atoms with Crippen molar-refractivity contribution in [2.24, 2.45) is 11.3 Å². The second kappa shape index (κ2) is 6.25. The Hall–Kier alpha value is -2.61. The van der Waals surface area contributed by atoms with Crippen molar-refractivity contribution >= 4 is 23.5 Å². The molecule has 8 nitrogen and oxygen atoms in total. The van der Waals surface area contributed by atoms with Crippen LogP contribution in [0.4, 0.5) is 10.5 Å². The number of methoxy groups -OCH3 is 3. The second-order valence-electron chi connectivity index (χ2n) is 9.94. The van der Waals surface area contributed by atoms with Gasteiger partial charge in [-0.05, 0) is 49.3 Å². The van der Waals surface area contributed by atoms with Crippen molar-refractivity contribution in [1.82, 2.24) is 4.90 Å². The fourth-order valence-corrected chi connectivity index (χ4v) is 8.50. The molecule has 1 aromatic carbocycles. The molecule has 0 radical (unpaired) electrons. The van der Waals surface area contributed by atoms with Crippen LogP contribution in [0.3, 0.4) is 0 Å². The van der Waals surface area contributed by atoms with Crippen molar-refractivity contribution in [2.45, 2.75) is 49.1 Å². The maximum absolute atomic E-state index is 13.9. The molecule has 2 saturated heterocycles. The Bertz CT molecular complexity index is 1060. The van der Waals surface area contributed by atoms with Gasteiger partial charge in [0, 0.05) is 24.9 Å². The van der Waals surface area contributed by atoms with Crippen molar-refractivity contribution in [3.8, 4) is 5.75 Å². The number of nitrogens with zero attached hydrogens (tertiary/aromatic N) is 2. The van der Waals surface area contributed by atoms with E-state index in [2.05, 4.69) is 4.90 Å². The highest BCUT2D eigenvalue weighted by Gasteiger charge is 2.84. The summed E-state index contributed by atoms with van der Waals surface area (Å²) in [5.74, 6) is -0.189. The number of piperidine rings is 1. The number of carbonyl (C=O) groups excluding carboxylic acids is 3. The van der Waals surface area contributed by atoms with Crippen molar-refractivity contribution in [3.05, 3.63) is 23.8 Å². The van der Waals surface area contributed by atoms with Gasteiger partial charge >= 0.3 is 12.1 Å². The first-order valence-corrected chi connectivity index (χ1v) is 11.3. The number of hydrogen-bond donors (Lipinski definition) is 0. The first-order valence-electron chi connectivity index (χ1n) is 11.3. The Morgan fingerprint density at radius 3 is 2.62 bits per heavy atom. The van der Waals surface area contributed by atoms with Gasteiger partial charge in [-0.25, -0.2) is 9.59 Å². The molecule has 8 heteroatoms. The van der Waals surface area contributed by atoms with Gasteiger partial charge in [0.25, 0.3) is 0 Å². The lowest BCUT2D eigenvalue weighted by Gasteiger charge is -2.64. The van der Waals surface area contributed by atoms with E-state index in [1.807, 2.05) is 12.1 Å². The minimum absolute atomic E-state index is 0.0141. The molecule has 1 amide bonds. The van der Waals surface area contributed by atoms with Crippen molar-refractivity contribution in [3.63, 3.8) is 0 Å². The Labute approximate surface area is 186 Å². The number of esters is 1. The summed E-state index contributed by atoms with van der Waals surface area (Å²) in [6.45, 7) is 1.50. The molecule has 1 spiro atoms. The first kappa shape index (κ1) is 20.0. The number of fused-ring (bicyclic) bond motifs is 1. The quantitative estimate of drug-likeness (QED) is 0.652. The first-order chi connectivity index (χ1) is 15.4. The van der Waals surface area contributed by atoms with Gasteiger partial charge in [-0.15, -0.1) is 0 Å². The number of Topliss-reactive ketones (excluding diaryl/α,β-unsaturated/α-hetero) is 1. The minimum Gasteiger partial charge on any atom is -0.495 e. The van der Waals surface area contributed by atoms with Crippen LogP contribution in [0.2, 0.25) is 0 Å². The molecule has 2 saturated carbocycles. The SMILES string of the molecule is COC(=O)N1c2c(OC)cccc2C23C4CN5CCCC(CCC12C(=O)OC)(CC4=O)C53. The van der Waals surface area contributed by atoms with Gasteiger partial charge < -0.3 is 14.2 Å². The molecule has 0 aromatic heterocycles. The van der Waals surface area contributed by atoms with Crippen LogP contribution >= 0.6 is 0 Å². The Kier molecular flexibility index (Phi) is 3.91. The molecular formula is C24H28N2O6. The summed E-state index contributed by atoms with van der Waals surface area (Å²) in [5, 5.41) is 0. The third kappa shape index (κ3) is 1.86. The molecule has 5 atom stereocenters. The van der Waals surface area contributed by atoms with Gasteiger partial charge in [0.05, 0.1) is 32.4 Å². The maximum Gasteiger partial charge on any atom is 0.415 e. The number of ketones is 1. The molecule has 0 N–H and O–H groups in total. The standard InChI is InChI=1S/C24H28N2O6/c1-30-17-7-4-6-14-18(17)26(21(29)32-3)23(20(28)31-2)10-9-22-8-5-11-25-13-15(16(27)12-22)24(14,23)19(22)25/h4,6-7,15,19H,5,8-13H2,1-3H3. The number of para-hydroxylation sites is 1. The predicted molar refractivity (Wildman–Crippen MR) is 114 cm³/mol. The van der Waals surface area contributed by atoms with Crippen LogP contribution in [-0.4, -0.2) is 68.7 Å². The monoisotopic (exact) mass is 440 g/mol. The van der Waals surface area contributed by atoms with Gasteiger partial charge in [-0.2, -0.15) is 0 Å². The van der Waals surface area contributed by atoms with E-state index in [1.54, 1.807) is 13.2 Å². The van der Waals surface area contributed by atoms with Crippen molar-refractivity contribution < 1.29 is 28.6 Å². The van der Waals surface area contributed by atoms with Crippen molar-refractivity contribution in [1.29, 1.82) is 0 Å². The van der Waals surface area contributed by atoms with Crippen LogP contribution in [0.25, 0.3) is 0 Å². The highest BCUT2D eigenvalue weighted by Crippen LogP contribution is 2.74. The van der Waals surface area contributed by atoms with E-state index >= 15 is 0 Å². The number of carbonyl (C=O) groups is 3. The Balaban J connectivity index is 1.76. The van der Waals surface area contributed by atoms with E-state index in [-0.39, 0.29) is 17.2 Å². The van der Waals surface area contributed by atoms with E-state index in [0.29, 0.717) is 37.2 Å². The van der Waals surface area contributed by atoms with Crippen LogP contribution < -0.4 is 9.64 Å². The molecule has 5 aliphatic rings. The number of anilines is 1. The number of ether oxygens (including phenoxy) is 3. The highest BCUT2D eigenvalue weighted by atomic mass is 16.6. The van der Waals surface area contributed by atoms with E-state index in [1.165, 1.54) is 19.1 Å². The van der Waals surface area contributed by atoms with Crippen LogP contribution in [0, 0.1) is 11.3 Å². The molecule has 32 heavy (non-hydrogen) atoms. The van der Waals surface area contributed by atoms with E-state index in [9.17, 15) is 14.4 Å². The third-order valence-corrected chi connectivity index (χ3v) is 9.20. The molecule has 5 unspecified atom stereocenters. The fraction of sp³-hybridized carbons (Fsp3) is 0.625. The summed E-state index contributed by atoms with van der Waals surface area (Å²) in [4.78, 5) is 44.9. The van der Waals surface area contributed by atoms with Crippen LogP contribution in [0.15, 0.2) is 18.2 Å². The normalized spacial score (nSPS) is 38.7. The van der Waals surface area contributed by atoms with E-state index in [0.717, 1.165) is 24.9 Å². The minimum atomic E-state index is -1.35. The van der Waals surface area contributed by atoms with Gasteiger partial charge in [-0.1, -0.05) is 12.1 Å². The van der Waals surface area contributed by atoms with Gasteiger partial charge in [0.1, 0.15) is 11.5 Å². The molecule has 4 bridgehead atoms. The number of benzene rings is 1. The number of amides is 1. The number of hydrogen-bond acceptors (Lipinski definition) is 7. The molecule has 4 fully saturated rings. The smallest absolute Gasteiger partial charge is 0.415 e. The molecule has 3 aliphatic heterocycles. The molecule has 1 aromatic rings. The Morgan fingerprint density at radius 1 is 1.09 bits per heavy atom. The summed E-state index contributed by atoms with van der Waals surface area (Å²) in [6, 6.07) is 5.63. The van der Waals surface area contributed by atoms with E-state index in [4.69, 9.17) is 14.2 Å². The molecule has 2 aliphatic carbocycles. The summed E-state index contributed by atoms with van der Waals surface area (Å²) in [7, 11) is 4.23. The van der Waals surface area contributed by atoms with E-state index < -0.39 is 28.9 Å². The zero-order chi connectivity index (χ0) is 22.5. The summed E-state index contributed by atoms with van der Waals surface area (Å²) in [5.41, 5.74) is -1.05. The van der Waals surface area contributed by atoms with Gasteiger partial charge in [0.15, 0.2) is 5.54 Å². The second-order valence-corrected chi connectivity index (χ2v) is 9.94. The van der Waals surface area contributed by atoms with Crippen LogP contribution in [-0.2, 0) is 24.5 Å². The topological polar surface area (TPSA) is 85.4 Å². The predicted octanol–water partition coefficient (Wildman–Crippen LogP) is 2.28. The van der Waals surface area contributed by atoms with Crippen molar-refractivity contribution in [2.75, 3.05) is 39.3 Å². The average Bonchev–Trinajstić information content (AvgIpc) is 3.28. The highest BCUT2D eigenvalue weighted by molar-refractivity contribution is 6.08. The average molecular weight is 440 g/mol. The number of rotatable bonds is 2. The lowest BCUT2D eigenvalue weighted by atomic mass is 9.41. The van der Waals surface area contributed by atoms with Crippen LogP contribution in [0.5, 0.6) is 5.75 Å². The zero-order valence-corrected chi connectivity index (χ0v) is 18.7. The lowest BCUT2D eigenvalue weighted by molar-refractivity contribution is -0.166. The molecule has 170 valence electrons. The van der Waals surface area contributed by atoms with Gasteiger partial charge in [0.2, 0.25) is 0 Å². The largest absolute Gasteiger partial charge is 0.495 e. The summed E-state index contributed by atoms with van der Waals surface area (Å²) < 4.78 is 16.4. The summed E-state index contributed by atoms with van der Waals surface area (Å²) >= 11 is 0. The van der Waals surface area contributed by atoms with Crippen LogP contribution in [0.1, 0.15) is 37.7 Å². The molecule has 6 rings (SSSR count). The third-order valence-electron chi connectivity index (χ3n) is 9.20. The zero-order valence-electron chi connectivity index (χ0n) is 18.7. The Morgan fingerprint density at radius 2 is 1.91 bits per heavy atom. The molecular weight excluding hydrogens is 412 g/mol. The van der Waals surface area contributed by atoms with Gasteiger partial charge in [-0.3, -0.25) is 14.6 Å². The maximum atomic E-state index is 13.9. The lowest BCUT2D eigenvalue weighted by Crippen LogP contribution is -2.78. The summed E-state index contributed by atoms with van der Waals surface area (Å²) in [6.07, 6.45) is 3.04. The molecule has 3 heterocycles. The fourth-order valence-electron chi connectivity index (χ4n) is 8.50.